The molecule has 1 aliphatic rings. The molecule has 1 fully saturated rings. The van der Waals surface area contributed by atoms with Gasteiger partial charge in [0, 0.05) is 26.2 Å². The molecule has 1 aliphatic heterocycles. The molecule has 1 rings (SSSR count). The minimum atomic E-state index is -0.0987. The molecule has 0 aromatic heterocycles. The molecule has 0 bridgehead atoms. The highest BCUT2D eigenvalue weighted by molar-refractivity contribution is 5.81. The van der Waals surface area contributed by atoms with E-state index in [1.165, 1.54) is 0 Å². The first-order valence-electron chi connectivity index (χ1n) is 6.43. The van der Waals surface area contributed by atoms with E-state index in [0.29, 0.717) is 13.2 Å². The molecule has 0 spiro atoms. The van der Waals surface area contributed by atoms with E-state index in [2.05, 4.69) is 24.2 Å². The fourth-order valence-electron chi connectivity index (χ4n) is 1.77. The summed E-state index contributed by atoms with van der Waals surface area (Å²) < 4.78 is 5.24. The summed E-state index contributed by atoms with van der Waals surface area (Å²) in [5.74, 6) is 0.187. The largest absolute Gasteiger partial charge is 0.378 e. The van der Waals surface area contributed by atoms with Crippen LogP contribution in [0.1, 0.15) is 13.8 Å². The van der Waals surface area contributed by atoms with E-state index in [1.807, 2.05) is 11.8 Å². The summed E-state index contributed by atoms with van der Waals surface area (Å²) >= 11 is 0. The SMILES string of the molecule is CCN(C)CCNC(C)C(=O)N1CCOCC1. The standard InChI is InChI=1S/C12H25N3O2/c1-4-14(3)6-5-13-11(2)12(16)15-7-9-17-10-8-15/h11,13H,4-10H2,1-3H3. The third-order valence-electron chi connectivity index (χ3n) is 3.18. The van der Waals surface area contributed by atoms with Crippen LogP contribution < -0.4 is 5.32 Å². The average Bonchev–Trinajstić information content (AvgIpc) is 2.38. The number of morpholine rings is 1. The number of hydrogen-bond donors (Lipinski definition) is 1. The zero-order valence-corrected chi connectivity index (χ0v) is 11.2. The molecule has 5 heteroatoms. The van der Waals surface area contributed by atoms with Crippen molar-refractivity contribution in [3.63, 3.8) is 0 Å². The van der Waals surface area contributed by atoms with E-state index < -0.39 is 0 Å². The van der Waals surface area contributed by atoms with Gasteiger partial charge in [-0.05, 0) is 20.5 Å². The monoisotopic (exact) mass is 243 g/mol. The molecule has 1 amide bonds. The maximum atomic E-state index is 12.0. The number of hydrogen-bond acceptors (Lipinski definition) is 4. The van der Waals surface area contributed by atoms with E-state index in [9.17, 15) is 4.79 Å². The van der Waals surface area contributed by atoms with E-state index in [4.69, 9.17) is 4.74 Å². The summed E-state index contributed by atoms with van der Waals surface area (Å²) in [4.78, 5) is 16.1. The van der Waals surface area contributed by atoms with Crippen molar-refractivity contribution in [3.05, 3.63) is 0 Å². The lowest BCUT2D eigenvalue weighted by Crippen LogP contribution is -2.50. The molecule has 0 aromatic rings. The second kappa shape index (κ2) is 7.63. The van der Waals surface area contributed by atoms with Crippen molar-refractivity contribution < 1.29 is 9.53 Å². The van der Waals surface area contributed by atoms with Crippen LogP contribution in [-0.2, 0) is 9.53 Å². The molecule has 0 radical (unpaired) electrons. The molecular formula is C12H25N3O2. The van der Waals surface area contributed by atoms with Gasteiger partial charge in [-0.25, -0.2) is 0 Å². The number of rotatable bonds is 6. The van der Waals surface area contributed by atoms with Crippen LogP contribution in [0, 0.1) is 0 Å². The van der Waals surface area contributed by atoms with Crippen LogP contribution in [0.15, 0.2) is 0 Å². The van der Waals surface area contributed by atoms with Gasteiger partial charge in [-0.15, -0.1) is 0 Å². The molecule has 1 unspecified atom stereocenters. The Morgan fingerprint density at radius 1 is 1.47 bits per heavy atom. The van der Waals surface area contributed by atoms with E-state index >= 15 is 0 Å². The highest BCUT2D eigenvalue weighted by atomic mass is 16.5. The van der Waals surface area contributed by atoms with Gasteiger partial charge in [-0.2, -0.15) is 0 Å². The fourth-order valence-corrected chi connectivity index (χ4v) is 1.77. The molecule has 1 heterocycles. The van der Waals surface area contributed by atoms with Gasteiger partial charge in [0.1, 0.15) is 0 Å². The maximum Gasteiger partial charge on any atom is 0.239 e. The zero-order valence-electron chi connectivity index (χ0n) is 11.2. The van der Waals surface area contributed by atoms with Crippen molar-refractivity contribution in [3.8, 4) is 0 Å². The summed E-state index contributed by atoms with van der Waals surface area (Å²) in [6, 6.07) is -0.0987. The predicted molar refractivity (Wildman–Crippen MR) is 68.0 cm³/mol. The number of ether oxygens (including phenoxy) is 1. The van der Waals surface area contributed by atoms with Gasteiger partial charge in [0.05, 0.1) is 19.3 Å². The van der Waals surface area contributed by atoms with Gasteiger partial charge < -0.3 is 19.9 Å². The van der Waals surface area contributed by atoms with Crippen molar-refractivity contribution in [2.45, 2.75) is 19.9 Å². The maximum absolute atomic E-state index is 12.0. The molecule has 0 aromatic carbocycles. The lowest BCUT2D eigenvalue weighted by atomic mass is 10.2. The van der Waals surface area contributed by atoms with E-state index in [1.54, 1.807) is 0 Å². The Morgan fingerprint density at radius 2 is 2.12 bits per heavy atom. The Labute approximate surface area is 104 Å². The highest BCUT2D eigenvalue weighted by Gasteiger charge is 2.21. The van der Waals surface area contributed by atoms with E-state index in [0.717, 1.165) is 32.7 Å². The predicted octanol–water partition coefficient (Wildman–Crippen LogP) is -0.225. The van der Waals surface area contributed by atoms with Crippen molar-refractivity contribution in [2.24, 2.45) is 0 Å². The van der Waals surface area contributed by atoms with Crippen LogP contribution in [-0.4, -0.2) is 74.7 Å². The van der Waals surface area contributed by atoms with E-state index in [-0.39, 0.29) is 11.9 Å². The van der Waals surface area contributed by atoms with Crippen LogP contribution in [0.25, 0.3) is 0 Å². The van der Waals surface area contributed by atoms with Crippen LogP contribution >= 0.6 is 0 Å². The highest BCUT2D eigenvalue weighted by Crippen LogP contribution is 2.00. The second-order valence-corrected chi connectivity index (χ2v) is 4.51. The van der Waals surface area contributed by atoms with Gasteiger partial charge in [-0.3, -0.25) is 4.79 Å². The van der Waals surface area contributed by atoms with Crippen LogP contribution in [0.5, 0.6) is 0 Å². The van der Waals surface area contributed by atoms with Crippen LogP contribution in [0.3, 0.4) is 0 Å². The number of carbonyl (C=O) groups is 1. The fraction of sp³-hybridized carbons (Fsp3) is 0.917. The van der Waals surface area contributed by atoms with Crippen LogP contribution in [0.4, 0.5) is 0 Å². The zero-order chi connectivity index (χ0) is 12.7. The van der Waals surface area contributed by atoms with Crippen molar-refractivity contribution in [1.82, 2.24) is 15.1 Å². The Bertz CT molecular complexity index is 230. The summed E-state index contributed by atoms with van der Waals surface area (Å²) in [6.07, 6.45) is 0. The molecule has 1 N–H and O–H groups in total. The summed E-state index contributed by atoms with van der Waals surface area (Å²) in [7, 11) is 2.08. The summed E-state index contributed by atoms with van der Waals surface area (Å²) in [5.41, 5.74) is 0. The van der Waals surface area contributed by atoms with Crippen molar-refractivity contribution >= 4 is 5.91 Å². The summed E-state index contributed by atoms with van der Waals surface area (Å²) in [6.45, 7) is 9.69. The van der Waals surface area contributed by atoms with Crippen molar-refractivity contribution in [1.29, 1.82) is 0 Å². The van der Waals surface area contributed by atoms with Crippen LogP contribution in [0.2, 0.25) is 0 Å². The average molecular weight is 243 g/mol. The Morgan fingerprint density at radius 3 is 2.71 bits per heavy atom. The molecule has 5 nitrogen and oxygen atoms in total. The molecule has 0 saturated carbocycles. The second-order valence-electron chi connectivity index (χ2n) is 4.51. The lowest BCUT2D eigenvalue weighted by Gasteiger charge is -2.29. The lowest BCUT2D eigenvalue weighted by molar-refractivity contribution is -0.137. The minimum Gasteiger partial charge on any atom is -0.378 e. The van der Waals surface area contributed by atoms with Crippen molar-refractivity contribution in [2.75, 3.05) is 53.0 Å². The van der Waals surface area contributed by atoms with Gasteiger partial charge in [0.25, 0.3) is 0 Å². The number of carbonyl (C=O) groups excluding carboxylic acids is 1. The van der Waals surface area contributed by atoms with Gasteiger partial charge in [-0.1, -0.05) is 6.92 Å². The topological polar surface area (TPSA) is 44.8 Å². The molecule has 0 aliphatic carbocycles. The summed E-state index contributed by atoms with van der Waals surface area (Å²) in [5, 5.41) is 3.27. The van der Waals surface area contributed by atoms with Gasteiger partial charge >= 0.3 is 0 Å². The first-order valence-corrected chi connectivity index (χ1v) is 6.43. The number of nitrogens with zero attached hydrogens (tertiary/aromatic N) is 2. The number of amides is 1. The molecule has 1 atom stereocenters. The third kappa shape index (κ3) is 5.02. The Kier molecular flexibility index (Phi) is 6.47. The minimum absolute atomic E-state index is 0.0987. The smallest absolute Gasteiger partial charge is 0.239 e. The quantitative estimate of drug-likeness (QED) is 0.700. The molecule has 100 valence electrons. The Hall–Kier alpha value is -0.650. The number of likely N-dealkylation sites (N-methyl/N-ethyl adjacent to an activating group) is 1. The van der Waals surface area contributed by atoms with Gasteiger partial charge in [0.2, 0.25) is 5.91 Å². The molecule has 1 saturated heterocycles. The van der Waals surface area contributed by atoms with Gasteiger partial charge in [0.15, 0.2) is 0 Å². The Balaban J connectivity index is 2.21. The normalized spacial score (nSPS) is 18.5. The first kappa shape index (κ1) is 14.4. The molecule has 17 heavy (non-hydrogen) atoms. The molecular weight excluding hydrogens is 218 g/mol. The number of nitrogens with one attached hydrogen (secondary N) is 1. The first-order chi connectivity index (χ1) is 8.15. The third-order valence-corrected chi connectivity index (χ3v) is 3.18.